The summed E-state index contributed by atoms with van der Waals surface area (Å²) >= 11 is 0. The molecular weight excluding hydrogens is 182 g/mol. The normalized spacial score (nSPS) is 9.08. The highest BCUT2D eigenvalue weighted by molar-refractivity contribution is 5.85. The van der Waals surface area contributed by atoms with Crippen molar-refractivity contribution in [3.63, 3.8) is 0 Å². The fourth-order valence-electron chi connectivity index (χ4n) is 0.740. The number of nitrogens with one attached hydrogen (secondary N) is 1. The van der Waals surface area contributed by atoms with Crippen molar-refractivity contribution in [3.8, 4) is 0 Å². The molecule has 0 unspecified atom stereocenters. The molecular formula is C6H10ClN3O2. The number of carboxylic acids is 1. The van der Waals surface area contributed by atoms with Gasteiger partial charge in [0.15, 0.2) is 5.69 Å². The van der Waals surface area contributed by atoms with Gasteiger partial charge in [-0.15, -0.1) is 12.4 Å². The zero-order valence-corrected chi connectivity index (χ0v) is 7.34. The van der Waals surface area contributed by atoms with Gasteiger partial charge in [0, 0.05) is 6.20 Å². The summed E-state index contributed by atoms with van der Waals surface area (Å²) < 4.78 is 1.66. The number of halogens is 1. The number of carboxylic acid groups (broad SMARTS) is 1. The van der Waals surface area contributed by atoms with Crippen molar-refractivity contribution in [2.75, 3.05) is 7.05 Å². The molecule has 0 aliphatic rings. The van der Waals surface area contributed by atoms with Crippen molar-refractivity contribution in [2.24, 2.45) is 0 Å². The van der Waals surface area contributed by atoms with Gasteiger partial charge in [-0.25, -0.2) is 9.78 Å². The smallest absolute Gasteiger partial charge is 0.356 e. The number of aromatic carboxylic acids is 1. The fourth-order valence-corrected chi connectivity index (χ4v) is 0.740. The van der Waals surface area contributed by atoms with Gasteiger partial charge in [0.1, 0.15) is 0 Å². The van der Waals surface area contributed by atoms with Crippen LogP contribution in [-0.2, 0) is 6.67 Å². The molecule has 1 heterocycles. The van der Waals surface area contributed by atoms with Crippen LogP contribution < -0.4 is 5.32 Å². The Hall–Kier alpha value is -1.07. The number of nitrogens with zero attached hydrogens (tertiary/aromatic N) is 2. The van der Waals surface area contributed by atoms with E-state index in [1.54, 1.807) is 11.6 Å². The second kappa shape index (κ2) is 4.74. The maximum Gasteiger partial charge on any atom is 0.356 e. The van der Waals surface area contributed by atoms with E-state index < -0.39 is 5.97 Å². The van der Waals surface area contributed by atoms with Crippen LogP contribution in [0.15, 0.2) is 12.5 Å². The van der Waals surface area contributed by atoms with Crippen LogP contribution in [0.4, 0.5) is 0 Å². The first-order valence-electron chi connectivity index (χ1n) is 3.13. The van der Waals surface area contributed by atoms with Crippen LogP contribution in [0.1, 0.15) is 10.5 Å². The molecule has 0 saturated carbocycles. The van der Waals surface area contributed by atoms with E-state index in [0.717, 1.165) is 0 Å². The van der Waals surface area contributed by atoms with E-state index in [2.05, 4.69) is 10.3 Å². The minimum Gasteiger partial charge on any atom is -0.476 e. The predicted octanol–water partition coefficient (Wildman–Crippen LogP) is 0.180. The Bertz CT molecular complexity index is 261. The highest BCUT2D eigenvalue weighted by atomic mass is 35.5. The molecule has 0 radical (unpaired) electrons. The van der Waals surface area contributed by atoms with E-state index in [1.165, 1.54) is 12.5 Å². The zero-order chi connectivity index (χ0) is 8.27. The topological polar surface area (TPSA) is 67.2 Å². The Morgan fingerprint density at radius 2 is 2.50 bits per heavy atom. The molecule has 1 aromatic rings. The average Bonchev–Trinajstić information content (AvgIpc) is 2.37. The third-order valence-corrected chi connectivity index (χ3v) is 1.19. The lowest BCUT2D eigenvalue weighted by molar-refractivity contribution is 0.0691. The predicted molar refractivity (Wildman–Crippen MR) is 45.5 cm³/mol. The van der Waals surface area contributed by atoms with Gasteiger partial charge in [0.25, 0.3) is 0 Å². The Balaban J connectivity index is 0.00000121. The molecule has 0 spiro atoms. The van der Waals surface area contributed by atoms with Crippen molar-refractivity contribution < 1.29 is 9.90 Å². The summed E-state index contributed by atoms with van der Waals surface area (Å²) in [4.78, 5) is 14.0. The van der Waals surface area contributed by atoms with Crippen LogP contribution in [0.5, 0.6) is 0 Å². The van der Waals surface area contributed by atoms with E-state index in [4.69, 9.17) is 5.11 Å². The molecule has 0 aromatic carbocycles. The second-order valence-electron chi connectivity index (χ2n) is 2.09. The number of aromatic nitrogens is 2. The first-order valence-corrected chi connectivity index (χ1v) is 3.13. The lowest BCUT2D eigenvalue weighted by Crippen LogP contribution is -2.11. The van der Waals surface area contributed by atoms with Crippen molar-refractivity contribution in [1.82, 2.24) is 14.9 Å². The molecule has 0 bridgehead atoms. The van der Waals surface area contributed by atoms with Gasteiger partial charge >= 0.3 is 5.97 Å². The van der Waals surface area contributed by atoms with Crippen LogP contribution in [0.25, 0.3) is 0 Å². The van der Waals surface area contributed by atoms with Crippen LogP contribution in [0.3, 0.4) is 0 Å². The molecule has 68 valence electrons. The summed E-state index contributed by atoms with van der Waals surface area (Å²) in [5.74, 6) is -1.00. The van der Waals surface area contributed by atoms with Gasteiger partial charge in [-0.1, -0.05) is 0 Å². The standard InChI is InChI=1S/C6H9N3O2.ClH/c1-7-3-9-2-5(6(10)11)8-4-9;/h2,4,7H,3H2,1H3,(H,10,11);1H. The SMILES string of the molecule is CNCn1cnc(C(=O)O)c1.Cl. The van der Waals surface area contributed by atoms with Crippen molar-refractivity contribution in [1.29, 1.82) is 0 Å². The fraction of sp³-hybridized carbons (Fsp3) is 0.333. The number of carbonyl (C=O) groups is 1. The van der Waals surface area contributed by atoms with Gasteiger partial charge in [0.05, 0.1) is 13.0 Å². The molecule has 0 saturated heterocycles. The minimum absolute atomic E-state index is 0. The van der Waals surface area contributed by atoms with E-state index in [1.807, 2.05) is 0 Å². The molecule has 0 amide bonds. The summed E-state index contributed by atoms with van der Waals surface area (Å²) in [5, 5.41) is 11.3. The van der Waals surface area contributed by atoms with Gasteiger partial charge in [0.2, 0.25) is 0 Å². The Labute approximate surface area is 75.8 Å². The van der Waals surface area contributed by atoms with Gasteiger partial charge in [-0.2, -0.15) is 0 Å². The summed E-state index contributed by atoms with van der Waals surface area (Å²) in [5.41, 5.74) is 0.0697. The first kappa shape index (κ1) is 10.9. The maximum absolute atomic E-state index is 10.3. The number of rotatable bonds is 3. The molecule has 2 N–H and O–H groups in total. The van der Waals surface area contributed by atoms with Crippen LogP contribution in [0.2, 0.25) is 0 Å². The molecule has 0 aliphatic carbocycles. The number of imidazole rings is 1. The summed E-state index contributed by atoms with van der Waals surface area (Å²) in [6.45, 7) is 0.570. The average molecular weight is 192 g/mol. The van der Waals surface area contributed by atoms with Crippen LogP contribution >= 0.6 is 12.4 Å². The van der Waals surface area contributed by atoms with Gasteiger partial charge in [-0.05, 0) is 7.05 Å². The van der Waals surface area contributed by atoms with Crippen molar-refractivity contribution in [3.05, 3.63) is 18.2 Å². The molecule has 12 heavy (non-hydrogen) atoms. The molecule has 5 nitrogen and oxygen atoms in total. The van der Waals surface area contributed by atoms with E-state index >= 15 is 0 Å². The lowest BCUT2D eigenvalue weighted by atomic mass is 10.5. The van der Waals surface area contributed by atoms with Gasteiger partial charge in [-0.3, -0.25) is 0 Å². The molecule has 0 fully saturated rings. The largest absolute Gasteiger partial charge is 0.476 e. The third kappa shape index (κ3) is 2.52. The van der Waals surface area contributed by atoms with Crippen LogP contribution in [-0.4, -0.2) is 27.7 Å². The molecule has 0 aliphatic heterocycles. The summed E-state index contributed by atoms with van der Waals surface area (Å²) in [6, 6.07) is 0. The summed E-state index contributed by atoms with van der Waals surface area (Å²) in [7, 11) is 1.78. The van der Waals surface area contributed by atoms with E-state index in [0.29, 0.717) is 6.67 Å². The van der Waals surface area contributed by atoms with E-state index in [-0.39, 0.29) is 18.1 Å². The second-order valence-corrected chi connectivity index (χ2v) is 2.09. The third-order valence-electron chi connectivity index (χ3n) is 1.19. The lowest BCUT2D eigenvalue weighted by Gasteiger charge is -1.96. The Kier molecular flexibility index (Phi) is 4.31. The zero-order valence-electron chi connectivity index (χ0n) is 6.52. The Morgan fingerprint density at radius 1 is 1.83 bits per heavy atom. The molecule has 6 heteroatoms. The van der Waals surface area contributed by atoms with Crippen molar-refractivity contribution >= 4 is 18.4 Å². The molecule has 1 aromatic heterocycles. The minimum atomic E-state index is -1.00. The number of hydrogen-bond donors (Lipinski definition) is 2. The first-order chi connectivity index (χ1) is 5.24. The quantitative estimate of drug-likeness (QED) is 0.716. The van der Waals surface area contributed by atoms with Gasteiger partial charge < -0.3 is 15.0 Å². The highest BCUT2D eigenvalue weighted by Gasteiger charge is 2.04. The molecule has 0 atom stereocenters. The van der Waals surface area contributed by atoms with Crippen molar-refractivity contribution in [2.45, 2.75) is 6.67 Å². The van der Waals surface area contributed by atoms with Crippen LogP contribution in [0, 0.1) is 0 Å². The Morgan fingerprint density at radius 3 is 2.92 bits per heavy atom. The number of hydrogen-bond acceptors (Lipinski definition) is 3. The van der Waals surface area contributed by atoms with E-state index in [9.17, 15) is 4.79 Å². The molecule has 1 rings (SSSR count). The highest BCUT2D eigenvalue weighted by Crippen LogP contribution is 1.93. The summed E-state index contributed by atoms with van der Waals surface area (Å²) in [6.07, 6.45) is 2.94. The maximum atomic E-state index is 10.3. The monoisotopic (exact) mass is 191 g/mol.